The summed E-state index contributed by atoms with van der Waals surface area (Å²) in [6, 6.07) is 0. The van der Waals surface area contributed by atoms with Crippen LogP contribution in [0.3, 0.4) is 0 Å². The van der Waals surface area contributed by atoms with Crippen LogP contribution in [0.2, 0.25) is 0 Å². The van der Waals surface area contributed by atoms with Gasteiger partial charge >= 0.3 is 0 Å². The van der Waals surface area contributed by atoms with Crippen LogP contribution in [0.1, 0.15) is 0 Å². The van der Waals surface area contributed by atoms with Crippen LogP contribution in [-0.4, -0.2) is 20.8 Å². The van der Waals surface area contributed by atoms with Crippen molar-refractivity contribution >= 4 is 22.2 Å². The number of halogens is 1. The van der Waals surface area contributed by atoms with Crippen molar-refractivity contribution in [1.29, 1.82) is 0 Å². The molecule has 5 nitrogen and oxygen atoms in total. The van der Waals surface area contributed by atoms with Gasteiger partial charge in [0.1, 0.15) is 6.29 Å². The predicted molar refractivity (Wildman–Crippen MR) is 47.6 cm³/mol. The Morgan fingerprint density at radius 1 is 1.77 bits per heavy atom. The van der Waals surface area contributed by atoms with Crippen molar-refractivity contribution in [2.45, 2.75) is 4.51 Å². The first-order chi connectivity index (χ1) is 5.97. The Balaban J connectivity index is 3.00. The van der Waals surface area contributed by atoms with E-state index in [0.29, 0.717) is 6.29 Å². The second-order valence-electron chi connectivity index (χ2n) is 2.57. The van der Waals surface area contributed by atoms with Crippen molar-refractivity contribution in [3.63, 3.8) is 0 Å². The quantitative estimate of drug-likeness (QED) is 0.336. The van der Waals surface area contributed by atoms with E-state index in [9.17, 15) is 20.0 Å². The van der Waals surface area contributed by atoms with Crippen molar-refractivity contribution in [2.75, 3.05) is 0 Å². The number of hydrogen-bond donors (Lipinski definition) is 1. The predicted octanol–water partition coefficient (Wildman–Crippen LogP) is 0.615. The fourth-order valence-corrected chi connectivity index (χ4v) is 1.44. The Kier molecular flexibility index (Phi) is 2.63. The average molecular weight is 248 g/mol. The molecule has 2 atom stereocenters. The molecule has 0 aromatic rings. The van der Waals surface area contributed by atoms with Crippen LogP contribution in [0.4, 0.5) is 0 Å². The van der Waals surface area contributed by atoms with Crippen molar-refractivity contribution in [1.82, 2.24) is 0 Å². The number of alkyl halides is 1. The van der Waals surface area contributed by atoms with Gasteiger partial charge in [0.15, 0.2) is 4.51 Å². The molecule has 6 heteroatoms. The van der Waals surface area contributed by atoms with Gasteiger partial charge in [-0.3, -0.25) is 10.1 Å². The minimum absolute atomic E-state index is 0.238. The number of carbonyl (C=O) groups is 1. The molecule has 0 heterocycles. The highest BCUT2D eigenvalue weighted by Crippen LogP contribution is 2.31. The molecule has 1 N–H and O–H groups in total. The minimum Gasteiger partial charge on any atom is -0.374 e. The second kappa shape index (κ2) is 3.39. The molecule has 0 bridgehead atoms. The lowest BCUT2D eigenvalue weighted by atomic mass is 9.98. The number of nitro groups is 1. The van der Waals surface area contributed by atoms with Gasteiger partial charge in [0.2, 0.25) is 0 Å². The van der Waals surface area contributed by atoms with Gasteiger partial charge in [-0.25, -0.2) is 0 Å². The fraction of sp³-hybridized carbons (Fsp3) is 0.286. The van der Waals surface area contributed by atoms with Crippen LogP contribution in [0.15, 0.2) is 23.9 Å². The highest BCUT2D eigenvalue weighted by atomic mass is 79.9. The molecule has 0 amide bonds. The lowest BCUT2D eigenvalue weighted by Gasteiger charge is -2.22. The fourth-order valence-electron chi connectivity index (χ4n) is 0.943. The maximum atomic E-state index is 10.4. The van der Waals surface area contributed by atoms with E-state index >= 15 is 0 Å². The van der Waals surface area contributed by atoms with Gasteiger partial charge < -0.3 is 9.90 Å². The van der Waals surface area contributed by atoms with E-state index in [-0.39, 0.29) is 5.70 Å². The van der Waals surface area contributed by atoms with E-state index in [1.807, 2.05) is 0 Å². The Morgan fingerprint density at radius 2 is 2.38 bits per heavy atom. The van der Waals surface area contributed by atoms with Crippen molar-refractivity contribution in [3.8, 4) is 0 Å². The number of rotatable bonds is 2. The number of aldehydes is 1. The SMILES string of the molecule is O=CC1C=CC([N+](=O)[O-])=CC1(O)Br. The lowest BCUT2D eigenvalue weighted by Crippen LogP contribution is -2.31. The summed E-state index contributed by atoms with van der Waals surface area (Å²) in [4.78, 5) is 20.1. The lowest BCUT2D eigenvalue weighted by molar-refractivity contribution is -0.420. The van der Waals surface area contributed by atoms with Gasteiger partial charge in [0, 0.05) is 12.2 Å². The van der Waals surface area contributed by atoms with E-state index in [2.05, 4.69) is 15.9 Å². The molecule has 1 aliphatic carbocycles. The molecule has 1 rings (SSSR count). The highest BCUT2D eigenvalue weighted by molar-refractivity contribution is 9.10. The first kappa shape index (κ1) is 10.1. The first-order valence-electron chi connectivity index (χ1n) is 3.39. The van der Waals surface area contributed by atoms with E-state index in [4.69, 9.17) is 0 Å². The number of nitrogens with zero attached hydrogens (tertiary/aromatic N) is 1. The summed E-state index contributed by atoms with van der Waals surface area (Å²) in [6.45, 7) is 0. The largest absolute Gasteiger partial charge is 0.374 e. The van der Waals surface area contributed by atoms with Crippen LogP contribution >= 0.6 is 15.9 Å². The third-order valence-electron chi connectivity index (χ3n) is 1.65. The van der Waals surface area contributed by atoms with Crippen LogP contribution in [0, 0.1) is 16.0 Å². The molecule has 0 aliphatic heterocycles. The maximum absolute atomic E-state index is 10.4. The number of allylic oxidation sites excluding steroid dienone is 1. The molecular formula is C7H6BrNO4. The van der Waals surface area contributed by atoms with Crippen LogP contribution < -0.4 is 0 Å². The average Bonchev–Trinajstić information content (AvgIpc) is 2.02. The zero-order valence-electron chi connectivity index (χ0n) is 6.38. The summed E-state index contributed by atoms with van der Waals surface area (Å²) < 4.78 is -1.65. The molecule has 1 aliphatic rings. The van der Waals surface area contributed by atoms with Gasteiger partial charge in [-0.05, 0) is 15.9 Å². The molecule has 0 aromatic heterocycles. The normalized spacial score (nSPS) is 32.5. The zero-order valence-corrected chi connectivity index (χ0v) is 7.97. The number of carbonyl (C=O) groups excluding carboxylic acids is 1. The number of aliphatic hydroxyl groups is 1. The molecule has 13 heavy (non-hydrogen) atoms. The van der Waals surface area contributed by atoms with Crippen molar-refractivity contribution in [2.24, 2.45) is 5.92 Å². The third-order valence-corrected chi connectivity index (χ3v) is 2.41. The zero-order chi connectivity index (χ0) is 10.1. The minimum atomic E-state index is -1.65. The van der Waals surface area contributed by atoms with Gasteiger partial charge in [-0.1, -0.05) is 6.08 Å². The molecule has 0 radical (unpaired) electrons. The standard InChI is InChI=1S/C7H6BrNO4/c8-7(11)3-6(9(12)13)2-1-5(7)4-10/h1-5,11H. The monoisotopic (exact) mass is 247 g/mol. The van der Waals surface area contributed by atoms with Gasteiger partial charge in [0.05, 0.1) is 10.8 Å². The van der Waals surface area contributed by atoms with Gasteiger partial charge in [-0.2, -0.15) is 0 Å². The summed E-state index contributed by atoms with van der Waals surface area (Å²) in [6.07, 6.45) is 3.97. The summed E-state index contributed by atoms with van der Waals surface area (Å²) in [7, 11) is 0. The molecule has 0 aromatic carbocycles. The molecule has 70 valence electrons. The molecule has 0 saturated carbocycles. The molecule has 0 fully saturated rings. The molecular weight excluding hydrogens is 242 g/mol. The van der Waals surface area contributed by atoms with E-state index in [1.54, 1.807) is 0 Å². The molecule has 0 spiro atoms. The van der Waals surface area contributed by atoms with Crippen LogP contribution in [-0.2, 0) is 4.79 Å². The Morgan fingerprint density at radius 3 is 2.77 bits per heavy atom. The van der Waals surface area contributed by atoms with Crippen LogP contribution in [0.25, 0.3) is 0 Å². The summed E-state index contributed by atoms with van der Waals surface area (Å²) in [5.41, 5.74) is -0.238. The summed E-state index contributed by atoms with van der Waals surface area (Å²) in [5, 5.41) is 19.8. The Bertz CT molecular complexity index is 308. The van der Waals surface area contributed by atoms with E-state index in [1.165, 1.54) is 12.2 Å². The van der Waals surface area contributed by atoms with E-state index in [0.717, 1.165) is 6.08 Å². The summed E-state index contributed by atoms with van der Waals surface area (Å²) >= 11 is 2.82. The van der Waals surface area contributed by atoms with E-state index < -0.39 is 15.4 Å². The van der Waals surface area contributed by atoms with Gasteiger partial charge in [-0.15, -0.1) is 0 Å². The smallest absolute Gasteiger partial charge is 0.268 e. The Hall–Kier alpha value is -1.01. The maximum Gasteiger partial charge on any atom is 0.268 e. The van der Waals surface area contributed by atoms with Gasteiger partial charge in [0.25, 0.3) is 5.70 Å². The third kappa shape index (κ3) is 2.02. The second-order valence-corrected chi connectivity index (χ2v) is 3.85. The Labute approximate surface area is 82.0 Å². The molecule has 2 unspecified atom stereocenters. The van der Waals surface area contributed by atoms with Crippen LogP contribution in [0.5, 0.6) is 0 Å². The highest BCUT2D eigenvalue weighted by Gasteiger charge is 2.35. The summed E-state index contributed by atoms with van der Waals surface area (Å²) in [5.74, 6) is -0.795. The molecule has 0 saturated heterocycles. The van der Waals surface area contributed by atoms with Crippen molar-refractivity contribution in [3.05, 3.63) is 34.0 Å². The first-order valence-corrected chi connectivity index (χ1v) is 4.18. The van der Waals surface area contributed by atoms with Crippen molar-refractivity contribution < 1.29 is 14.8 Å². The topological polar surface area (TPSA) is 80.4 Å². The number of hydrogen-bond acceptors (Lipinski definition) is 4.